The Morgan fingerprint density at radius 2 is 1.21 bits per heavy atom. The van der Waals surface area contributed by atoms with Gasteiger partial charge in [-0.2, -0.15) is 0 Å². The van der Waals surface area contributed by atoms with Crippen LogP contribution in [0, 0.1) is 27.0 Å². The highest BCUT2D eigenvalue weighted by atomic mass is 14.7. The van der Waals surface area contributed by atoms with Gasteiger partial charge in [-0.25, -0.2) is 9.69 Å². The molecule has 2 rings (SSSR count). The van der Waals surface area contributed by atoms with Crippen LogP contribution >= 0.6 is 0 Å². The van der Waals surface area contributed by atoms with Gasteiger partial charge in [0, 0.05) is 0 Å². The monoisotopic (exact) mass is 246 g/mol. The Balaban J connectivity index is 2.50. The van der Waals surface area contributed by atoms with Gasteiger partial charge in [-0.1, -0.05) is 36.4 Å². The van der Waals surface area contributed by atoms with Gasteiger partial charge in [0.15, 0.2) is 11.4 Å². The molecule has 0 fully saturated rings. The predicted octanol–water partition coefficient (Wildman–Crippen LogP) is 5.00. The van der Waals surface area contributed by atoms with E-state index in [2.05, 4.69) is 9.69 Å². The molecule has 0 bridgehead atoms. The minimum absolute atomic E-state index is 0.638. The van der Waals surface area contributed by atoms with Gasteiger partial charge in [0.2, 0.25) is 0 Å². The van der Waals surface area contributed by atoms with E-state index >= 15 is 0 Å². The maximum Gasteiger partial charge on any atom is 0.193 e. The number of benzene rings is 2. The minimum atomic E-state index is 0.638. The summed E-state index contributed by atoms with van der Waals surface area (Å²) in [7, 11) is 0. The molecular weight excluding hydrogens is 232 g/mol. The van der Waals surface area contributed by atoms with Crippen LogP contribution in [-0.4, -0.2) is 0 Å². The van der Waals surface area contributed by atoms with Gasteiger partial charge >= 0.3 is 0 Å². The summed E-state index contributed by atoms with van der Waals surface area (Å²) in [6, 6.07) is 11.8. The van der Waals surface area contributed by atoms with Crippen molar-refractivity contribution >= 4 is 11.4 Å². The lowest BCUT2D eigenvalue weighted by Gasteiger charge is -2.09. The maximum atomic E-state index is 7.30. The molecule has 19 heavy (non-hydrogen) atoms. The van der Waals surface area contributed by atoms with Crippen molar-refractivity contribution in [1.29, 1.82) is 0 Å². The maximum absolute atomic E-state index is 7.30. The van der Waals surface area contributed by atoms with Crippen LogP contribution in [0.2, 0.25) is 0 Å². The zero-order valence-corrected chi connectivity index (χ0v) is 11.1. The molecule has 0 heterocycles. The highest BCUT2D eigenvalue weighted by Gasteiger charge is 2.10. The van der Waals surface area contributed by atoms with Crippen molar-refractivity contribution in [1.82, 2.24) is 0 Å². The summed E-state index contributed by atoms with van der Waals surface area (Å²) >= 11 is 0. The predicted molar refractivity (Wildman–Crippen MR) is 77.7 cm³/mol. The average Bonchev–Trinajstić information content (AvgIpc) is 2.39. The Morgan fingerprint density at radius 3 is 1.58 bits per heavy atom. The van der Waals surface area contributed by atoms with E-state index in [-0.39, 0.29) is 0 Å². The molecule has 0 aliphatic rings. The third kappa shape index (κ3) is 2.49. The van der Waals surface area contributed by atoms with Crippen LogP contribution in [-0.2, 0) is 6.42 Å². The minimum Gasteiger partial charge on any atom is -0.238 e. The highest BCUT2D eigenvalue weighted by molar-refractivity contribution is 5.64. The number of hydrogen-bond acceptors (Lipinski definition) is 0. The van der Waals surface area contributed by atoms with Crippen LogP contribution in [0.3, 0.4) is 0 Å². The van der Waals surface area contributed by atoms with Crippen molar-refractivity contribution < 1.29 is 0 Å². The fraction of sp³-hybridized carbons (Fsp3) is 0.176. The van der Waals surface area contributed by atoms with Gasteiger partial charge in [0.05, 0.1) is 13.1 Å². The van der Waals surface area contributed by atoms with E-state index in [0.717, 1.165) is 22.3 Å². The second-order valence-electron chi connectivity index (χ2n) is 4.57. The summed E-state index contributed by atoms with van der Waals surface area (Å²) in [5, 5.41) is 0. The first-order valence-corrected chi connectivity index (χ1v) is 6.09. The molecule has 0 saturated carbocycles. The molecule has 0 amide bonds. The first kappa shape index (κ1) is 12.9. The van der Waals surface area contributed by atoms with Crippen LogP contribution in [0.1, 0.15) is 22.3 Å². The van der Waals surface area contributed by atoms with E-state index in [4.69, 9.17) is 13.1 Å². The number of hydrogen-bond donors (Lipinski definition) is 0. The first-order valence-electron chi connectivity index (χ1n) is 6.09. The third-order valence-electron chi connectivity index (χ3n) is 3.25. The number of para-hydroxylation sites is 2. The van der Waals surface area contributed by atoms with Crippen molar-refractivity contribution in [3.05, 3.63) is 81.5 Å². The molecule has 0 aromatic heterocycles. The van der Waals surface area contributed by atoms with Crippen molar-refractivity contribution in [2.75, 3.05) is 0 Å². The van der Waals surface area contributed by atoms with Crippen molar-refractivity contribution in [2.24, 2.45) is 0 Å². The fourth-order valence-corrected chi connectivity index (χ4v) is 2.25. The van der Waals surface area contributed by atoms with Crippen LogP contribution in [0.5, 0.6) is 0 Å². The Hall–Kier alpha value is -2.58. The molecule has 0 spiro atoms. The summed E-state index contributed by atoms with van der Waals surface area (Å²) in [5.74, 6) is 0. The van der Waals surface area contributed by atoms with Gasteiger partial charge in [0.1, 0.15) is 0 Å². The van der Waals surface area contributed by atoms with Crippen LogP contribution in [0.15, 0.2) is 36.4 Å². The lowest BCUT2D eigenvalue weighted by molar-refractivity contribution is 1.19. The zero-order chi connectivity index (χ0) is 13.8. The molecule has 2 aromatic carbocycles. The fourth-order valence-electron chi connectivity index (χ4n) is 2.25. The highest BCUT2D eigenvalue weighted by Crippen LogP contribution is 2.31. The standard InChI is InChI=1S/C17H14N2/c1-12-7-5-9-14(16(12)18-3)11-15-10-6-8-13(2)17(15)19-4/h5-10H,11H2,1-2H3. The Kier molecular flexibility index (Phi) is 3.64. The third-order valence-corrected chi connectivity index (χ3v) is 3.25. The molecule has 0 atom stereocenters. The number of rotatable bonds is 2. The first-order chi connectivity index (χ1) is 9.17. The van der Waals surface area contributed by atoms with Crippen molar-refractivity contribution in [3.63, 3.8) is 0 Å². The smallest absolute Gasteiger partial charge is 0.193 e. The largest absolute Gasteiger partial charge is 0.238 e. The van der Waals surface area contributed by atoms with Crippen LogP contribution in [0.25, 0.3) is 9.69 Å². The van der Waals surface area contributed by atoms with Gasteiger partial charge < -0.3 is 0 Å². The SMILES string of the molecule is [C-]#[N+]c1c(C)cccc1Cc1cccc(C)c1[N+]#[C-]. The summed E-state index contributed by atoms with van der Waals surface area (Å²) in [5.41, 5.74) is 5.38. The van der Waals surface area contributed by atoms with E-state index in [0.29, 0.717) is 17.8 Å². The molecule has 0 radical (unpaired) electrons. The molecule has 2 nitrogen and oxygen atoms in total. The zero-order valence-electron chi connectivity index (χ0n) is 11.1. The van der Waals surface area contributed by atoms with Gasteiger partial charge in [-0.05, 0) is 42.5 Å². The van der Waals surface area contributed by atoms with Gasteiger partial charge in [0.25, 0.3) is 0 Å². The normalized spacial score (nSPS) is 9.68. The lowest BCUT2D eigenvalue weighted by Crippen LogP contribution is -1.91. The Morgan fingerprint density at radius 1 is 0.789 bits per heavy atom. The Bertz CT molecular complexity index is 639. The van der Waals surface area contributed by atoms with Crippen LogP contribution in [0.4, 0.5) is 11.4 Å². The van der Waals surface area contributed by atoms with E-state index < -0.39 is 0 Å². The van der Waals surface area contributed by atoms with E-state index in [1.54, 1.807) is 0 Å². The Labute approximate surface area is 114 Å². The van der Waals surface area contributed by atoms with Crippen molar-refractivity contribution in [3.8, 4) is 0 Å². The number of aryl methyl sites for hydroxylation is 2. The summed E-state index contributed by atoms with van der Waals surface area (Å²) in [6.07, 6.45) is 0.638. The molecule has 0 aliphatic heterocycles. The molecule has 2 heteroatoms. The van der Waals surface area contributed by atoms with Gasteiger partial charge in [-0.15, -0.1) is 0 Å². The quantitative estimate of drug-likeness (QED) is 0.659. The van der Waals surface area contributed by atoms with Crippen LogP contribution < -0.4 is 0 Å². The number of nitrogens with zero attached hydrogens (tertiary/aromatic N) is 2. The molecule has 0 N–H and O–H groups in total. The van der Waals surface area contributed by atoms with Gasteiger partial charge in [-0.3, -0.25) is 0 Å². The molecule has 92 valence electrons. The lowest BCUT2D eigenvalue weighted by atomic mass is 9.98. The second-order valence-corrected chi connectivity index (χ2v) is 4.57. The topological polar surface area (TPSA) is 8.72 Å². The average molecular weight is 246 g/mol. The summed E-state index contributed by atoms with van der Waals surface area (Å²) < 4.78 is 0. The molecule has 0 saturated heterocycles. The molecule has 0 aliphatic carbocycles. The molecule has 0 unspecified atom stereocenters. The molecular formula is C17H14N2. The molecule has 2 aromatic rings. The van der Waals surface area contributed by atoms with Crippen molar-refractivity contribution in [2.45, 2.75) is 20.3 Å². The second kappa shape index (κ2) is 5.38. The summed E-state index contributed by atoms with van der Waals surface area (Å²) in [6.45, 7) is 18.5. The van der Waals surface area contributed by atoms with E-state index in [1.807, 2.05) is 50.2 Å². The van der Waals surface area contributed by atoms with E-state index in [1.165, 1.54) is 0 Å². The summed E-state index contributed by atoms with van der Waals surface area (Å²) in [4.78, 5) is 7.23. The van der Waals surface area contributed by atoms with E-state index in [9.17, 15) is 0 Å².